The second-order valence-corrected chi connectivity index (χ2v) is 8.13. The fourth-order valence-corrected chi connectivity index (χ4v) is 3.97. The molecule has 0 bridgehead atoms. The number of hydrogen-bond donors (Lipinski definition) is 0. The van der Waals surface area contributed by atoms with Gasteiger partial charge in [0.15, 0.2) is 0 Å². The van der Waals surface area contributed by atoms with Crippen molar-refractivity contribution in [1.29, 1.82) is 0 Å². The van der Waals surface area contributed by atoms with Crippen LogP contribution in [-0.4, -0.2) is 52.8 Å². The van der Waals surface area contributed by atoms with Gasteiger partial charge in [-0.05, 0) is 37.8 Å². The van der Waals surface area contributed by atoms with Gasteiger partial charge in [0, 0.05) is 38.5 Å². The molecule has 164 valence electrons. The van der Waals surface area contributed by atoms with E-state index in [2.05, 4.69) is 4.98 Å². The molecule has 1 atom stereocenters. The summed E-state index contributed by atoms with van der Waals surface area (Å²) in [5, 5.41) is 0. The molecule has 30 heavy (non-hydrogen) atoms. The van der Waals surface area contributed by atoms with Gasteiger partial charge in [-0.2, -0.15) is 0 Å². The number of rotatable bonds is 12. The van der Waals surface area contributed by atoms with E-state index in [-0.39, 0.29) is 12.0 Å². The third-order valence-electron chi connectivity index (χ3n) is 5.81. The Hall–Kier alpha value is -2.34. The molecule has 6 heteroatoms. The number of ether oxygens (including phenoxy) is 2. The molecule has 1 aliphatic carbocycles. The molecule has 1 amide bonds. The molecule has 0 saturated heterocycles. The van der Waals surface area contributed by atoms with E-state index >= 15 is 0 Å². The van der Waals surface area contributed by atoms with Crippen LogP contribution in [0.3, 0.4) is 0 Å². The van der Waals surface area contributed by atoms with Crippen LogP contribution in [0.15, 0.2) is 49.1 Å². The molecule has 1 saturated carbocycles. The quantitative estimate of drug-likeness (QED) is 0.487. The van der Waals surface area contributed by atoms with Gasteiger partial charge in [0.05, 0.1) is 12.9 Å². The largest absolute Gasteiger partial charge is 0.491 e. The molecule has 1 aliphatic rings. The van der Waals surface area contributed by atoms with E-state index in [4.69, 9.17) is 9.47 Å². The molecule has 1 unspecified atom stereocenters. The molecule has 2 aromatic rings. The number of hydrogen-bond acceptors (Lipinski definition) is 4. The first kappa shape index (κ1) is 22.3. The fourth-order valence-electron chi connectivity index (χ4n) is 3.97. The number of benzene rings is 1. The average Bonchev–Trinajstić information content (AvgIpc) is 3.30. The molecular formula is C24H35N3O3. The number of nitrogens with zero attached hydrogens (tertiary/aromatic N) is 3. The van der Waals surface area contributed by atoms with E-state index in [0.717, 1.165) is 31.4 Å². The van der Waals surface area contributed by atoms with Crippen LogP contribution in [0.4, 0.5) is 0 Å². The molecule has 3 rings (SSSR count). The van der Waals surface area contributed by atoms with Crippen LogP contribution in [-0.2, 0) is 16.1 Å². The summed E-state index contributed by atoms with van der Waals surface area (Å²) in [6.07, 6.45) is 13.9. The lowest BCUT2D eigenvalue weighted by molar-refractivity contribution is -0.132. The van der Waals surface area contributed by atoms with Crippen molar-refractivity contribution in [3.63, 3.8) is 0 Å². The topological polar surface area (TPSA) is 56.6 Å². The van der Waals surface area contributed by atoms with E-state index in [1.54, 1.807) is 12.5 Å². The minimum atomic E-state index is -0.0694. The second kappa shape index (κ2) is 12.4. The molecule has 1 fully saturated rings. The summed E-state index contributed by atoms with van der Waals surface area (Å²) in [6.45, 7) is 1.79. The number of aromatic nitrogens is 2. The Labute approximate surface area is 180 Å². The molecule has 0 radical (unpaired) electrons. The molecule has 0 spiro atoms. The Morgan fingerprint density at radius 1 is 1.20 bits per heavy atom. The third-order valence-corrected chi connectivity index (χ3v) is 5.81. The van der Waals surface area contributed by atoms with Crippen LogP contribution in [0.2, 0.25) is 0 Å². The van der Waals surface area contributed by atoms with Crippen LogP contribution in [0, 0.1) is 0 Å². The lowest BCUT2D eigenvalue weighted by Crippen LogP contribution is -2.38. The lowest BCUT2D eigenvalue weighted by atomic mass is 9.94. The summed E-state index contributed by atoms with van der Waals surface area (Å²) >= 11 is 0. The molecule has 0 aliphatic heterocycles. The highest BCUT2D eigenvalue weighted by atomic mass is 16.5. The number of carbonyl (C=O) groups is 1. The van der Waals surface area contributed by atoms with Crippen molar-refractivity contribution in [2.45, 2.75) is 70.1 Å². The van der Waals surface area contributed by atoms with Gasteiger partial charge < -0.3 is 18.9 Å². The van der Waals surface area contributed by atoms with E-state index in [0.29, 0.717) is 32.2 Å². The predicted octanol–water partition coefficient (Wildman–Crippen LogP) is 4.31. The maximum absolute atomic E-state index is 12.5. The normalized spacial score (nSPS) is 15.6. The molecule has 1 aromatic carbocycles. The predicted molar refractivity (Wildman–Crippen MR) is 117 cm³/mol. The lowest BCUT2D eigenvalue weighted by Gasteiger charge is -2.31. The van der Waals surface area contributed by atoms with E-state index in [1.807, 2.05) is 53.0 Å². The zero-order chi connectivity index (χ0) is 21.0. The van der Waals surface area contributed by atoms with Gasteiger partial charge in [-0.15, -0.1) is 0 Å². The molecule has 1 aromatic heterocycles. The summed E-state index contributed by atoms with van der Waals surface area (Å²) in [5.41, 5.74) is 0. The average molecular weight is 414 g/mol. The minimum Gasteiger partial charge on any atom is -0.491 e. The van der Waals surface area contributed by atoms with Gasteiger partial charge >= 0.3 is 0 Å². The molecular weight excluding hydrogens is 378 g/mol. The van der Waals surface area contributed by atoms with Gasteiger partial charge in [-0.25, -0.2) is 4.98 Å². The number of unbranched alkanes of at least 4 members (excludes halogenated alkanes) is 1. The van der Waals surface area contributed by atoms with Crippen LogP contribution in [0.5, 0.6) is 5.75 Å². The van der Waals surface area contributed by atoms with Crippen LogP contribution >= 0.6 is 0 Å². The van der Waals surface area contributed by atoms with E-state index in [9.17, 15) is 4.79 Å². The first-order chi connectivity index (χ1) is 14.7. The standard InChI is InChI=1S/C24H35N3O3/c1-26(21-10-4-2-5-11-21)24(28)14-8-9-17-29-23(18-27-16-15-25-20-27)19-30-22-12-6-3-7-13-22/h3,6-7,12-13,15-16,20-21,23H,2,4-5,8-11,14,17-19H2,1H3. The van der Waals surface area contributed by atoms with Crippen molar-refractivity contribution < 1.29 is 14.3 Å². The zero-order valence-electron chi connectivity index (χ0n) is 18.1. The third kappa shape index (κ3) is 7.48. The minimum absolute atomic E-state index is 0.0694. The van der Waals surface area contributed by atoms with Crippen molar-refractivity contribution in [3.05, 3.63) is 49.1 Å². The van der Waals surface area contributed by atoms with Gasteiger partial charge in [0.25, 0.3) is 0 Å². The summed E-state index contributed by atoms with van der Waals surface area (Å²) in [7, 11) is 1.97. The van der Waals surface area contributed by atoms with E-state index in [1.165, 1.54) is 19.3 Å². The van der Waals surface area contributed by atoms with Crippen LogP contribution in [0.25, 0.3) is 0 Å². The Bertz CT molecular complexity index is 715. The number of para-hydroxylation sites is 1. The number of amides is 1. The molecule has 0 N–H and O–H groups in total. The summed E-state index contributed by atoms with van der Waals surface area (Å²) < 4.78 is 14.0. The van der Waals surface area contributed by atoms with Gasteiger partial charge in [0.1, 0.15) is 18.5 Å². The van der Waals surface area contributed by atoms with Crippen molar-refractivity contribution in [2.75, 3.05) is 20.3 Å². The molecule has 1 heterocycles. The van der Waals surface area contributed by atoms with Crippen molar-refractivity contribution in [2.24, 2.45) is 0 Å². The van der Waals surface area contributed by atoms with Gasteiger partial charge in [-0.3, -0.25) is 4.79 Å². The Balaban J connectivity index is 1.37. The number of carbonyl (C=O) groups excluding carboxylic acids is 1. The highest BCUT2D eigenvalue weighted by molar-refractivity contribution is 5.76. The van der Waals surface area contributed by atoms with Gasteiger partial charge in [0.2, 0.25) is 5.91 Å². The maximum Gasteiger partial charge on any atom is 0.222 e. The van der Waals surface area contributed by atoms with Crippen molar-refractivity contribution in [3.8, 4) is 5.75 Å². The van der Waals surface area contributed by atoms with Crippen LogP contribution in [0.1, 0.15) is 51.4 Å². The van der Waals surface area contributed by atoms with Crippen molar-refractivity contribution in [1.82, 2.24) is 14.5 Å². The second-order valence-electron chi connectivity index (χ2n) is 8.13. The monoisotopic (exact) mass is 413 g/mol. The zero-order valence-corrected chi connectivity index (χ0v) is 18.1. The summed E-state index contributed by atoms with van der Waals surface area (Å²) in [5.74, 6) is 1.11. The van der Waals surface area contributed by atoms with Gasteiger partial charge in [-0.1, -0.05) is 37.5 Å². The first-order valence-corrected chi connectivity index (χ1v) is 11.2. The fraction of sp³-hybridized carbons (Fsp3) is 0.583. The Morgan fingerprint density at radius 3 is 2.73 bits per heavy atom. The summed E-state index contributed by atoms with van der Waals surface area (Å²) in [6, 6.07) is 10.2. The Kier molecular flexibility index (Phi) is 9.22. The highest BCUT2D eigenvalue weighted by Crippen LogP contribution is 2.22. The molecule has 6 nitrogen and oxygen atoms in total. The SMILES string of the molecule is CN(C(=O)CCCCOC(COc1ccccc1)Cn1ccnc1)C1CCCCC1. The first-order valence-electron chi connectivity index (χ1n) is 11.2. The number of imidazole rings is 1. The Morgan fingerprint density at radius 2 is 2.00 bits per heavy atom. The van der Waals surface area contributed by atoms with E-state index < -0.39 is 0 Å². The van der Waals surface area contributed by atoms with Crippen LogP contribution < -0.4 is 4.74 Å². The highest BCUT2D eigenvalue weighted by Gasteiger charge is 2.21. The maximum atomic E-state index is 12.5. The summed E-state index contributed by atoms with van der Waals surface area (Å²) in [4.78, 5) is 18.5. The smallest absolute Gasteiger partial charge is 0.222 e. The van der Waals surface area contributed by atoms with Crippen molar-refractivity contribution >= 4 is 5.91 Å².